The minimum Gasteiger partial charge on any atom is -0.396 e. The summed E-state index contributed by atoms with van der Waals surface area (Å²) in [6.07, 6.45) is 7.00. The predicted molar refractivity (Wildman–Crippen MR) is 81.5 cm³/mol. The van der Waals surface area contributed by atoms with Crippen molar-refractivity contribution in [3.8, 4) is 0 Å². The van der Waals surface area contributed by atoms with Crippen LogP contribution in [-0.4, -0.2) is 22.9 Å². The number of rotatable bonds is 1. The summed E-state index contributed by atoms with van der Waals surface area (Å²) in [4.78, 5) is 0. The van der Waals surface area contributed by atoms with E-state index in [9.17, 15) is 10.2 Å². The van der Waals surface area contributed by atoms with E-state index in [1.165, 1.54) is 32.1 Å². The Morgan fingerprint density at radius 2 is 1.23 bits per heavy atom. The first-order valence-corrected chi connectivity index (χ1v) is 10.1. The normalized spacial score (nSPS) is 75.0. The third kappa shape index (κ3) is 0.989. The van der Waals surface area contributed by atoms with Gasteiger partial charge in [0, 0.05) is 6.61 Å². The highest BCUT2D eigenvalue weighted by Gasteiger charge is 2.80. The van der Waals surface area contributed by atoms with Crippen LogP contribution in [0.3, 0.4) is 0 Å². The van der Waals surface area contributed by atoms with Gasteiger partial charge < -0.3 is 10.2 Å². The standard InChI is InChI=1S/C20H28O2/c21-6-11-12-7-2-1-3-8(7)15-16(12)17-14(11)9-4-5-10-13(9)18(17)19(15)20(10)22/h7-22H,1-6H2/t7-,8+,9+,10+,11-,12+,13-,14-,15-,16-,17-,18+,19+,20-/m1/s1. The van der Waals surface area contributed by atoms with Crippen molar-refractivity contribution in [2.45, 2.75) is 38.2 Å². The zero-order valence-corrected chi connectivity index (χ0v) is 13.2. The van der Waals surface area contributed by atoms with Gasteiger partial charge in [0.2, 0.25) is 0 Å². The first kappa shape index (κ1) is 12.3. The Bertz CT molecular complexity index is 537. The summed E-state index contributed by atoms with van der Waals surface area (Å²) in [7, 11) is 0. The van der Waals surface area contributed by atoms with Gasteiger partial charge in [-0.3, -0.25) is 0 Å². The van der Waals surface area contributed by atoms with Crippen molar-refractivity contribution in [2.24, 2.45) is 76.9 Å². The van der Waals surface area contributed by atoms with Crippen LogP contribution >= 0.6 is 0 Å². The molecule has 0 bridgehead atoms. The van der Waals surface area contributed by atoms with E-state index in [1.54, 1.807) is 0 Å². The molecule has 7 saturated carbocycles. The lowest BCUT2D eigenvalue weighted by Gasteiger charge is -2.31. The van der Waals surface area contributed by atoms with Crippen LogP contribution in [-0.2, 0) is 0 Å². The van der Waals surface area contributed by atoms with Crippen molar-refractivity contribution < 1.29 is 10.2 Å². The molecule has 0 spiro atoms. The van der Waals surface area contributed by atoms with Crippen LogP contribution in [0.1, 0.15) is 32.1 Å². The summed E-state index contributed by atoms with van der Waals surface area (Å²) in [5.74, 6) is 10.8. The van der Waals surface area contributed by atoms with Crippen LogP contribution in [0.2, 0.25) is 0 Å². The molecule has 14 atom stereocenters. The fourth-order valence-corrected chi connectivity index (χ4v) is 10.9. The summed E-state index contributed by atoms with van der Waals surface area (Å²) in [6.45, 7) is 0.464. The summed E-state index contributed by atoms with van der Waals surface area (Å²) < 4.78 is 0. The summed E-state index contributed by atoms with van der Waals surface area (Å²) in [6, 6.07) is 0. The molecule has 120 valence electrons. The quantitative estimate of drug-likeness (QED) is 0.780. The van der Waals surface area contributed by atoms with E-state index < -0.39 is 0 Å². The molecule has 7 aliphatic rings. The molecular formula is C20H28O2. The summed E-state index contributed by atoms with van der Waals surface area (Å²) in [5, 5.41) is 21.4. The van der Waals surface area contributed by atoms with Crippen molar-refractivity contribution in [1.29, 1.82) is 0 Å². The second-order valence-corrected chi connectivity index (χ2v) is 10.1. The third-order valence-corrected chi connectivity index (χ3v) is 10.5. The number of hydrogen-bond donors (Lipinski definition) is 2. The fourth-order valence-electron chi connectivity index (χ4n) is 10.9. The molecule has 0 aromatic rings. The SMILES string of the molecule is OC[C@H]1[C@H]2[C@H]3CC[C@@H]4[C@@H](O)[C@H]5[C@@H]6[C@H]7CCC[C@H]7[C@@H]1[C@H]6[C@@H]2[C@@H]5[C@@H]43. The Morgan fingerprint density at radius 1 is 0.591 bits per heavy atom. The van der Waals surface area contributed by atoms with Crippen LogP contribution in [0, 0.1) is 76.9 Å². The monoisotopic (exact) mass is 300 g/mol. The Kier molecular flexibility index (Phi) is 2.02. The Morgan fingerprint density at radius 3 is 2.05 bits per heavy atom. The molecule has 22 heavy (non-hydrogen) atoms. The van der Waals surface area contributed by atoms with Gasteiger partial charge in [-0.2, -0.15) is 0 Å². The number of aliphatic hydroxyl groups is 2. The van der Waals surface area contributed by atoms with Gasteiger partial charge in [0.1, 0.15) is 0 Å². The molecule has 0 aromatic heterocycles. The molecule has 0 saturated heterocycles. The van der Waals surface area contributed by atoms with Gasteiger partial charge in [0.25, 0.3) is 0 Å². The third-order valence-electron chi connectivity index (χ3n) is 10.5. The van der Waals surface area contributed by atoms with Gasteiger partial charge in [-0.05, 0) is 103 Å². The van der Waals surface area contributed by atoms with Crippen LogP contribution in [0.4, 0.5) is 0 Å². The van der Waals surface area contributed by atoms with Gasteiger partial charge in [-0.15, -0.1) is 0 Å². The molecule has 0 amide bonds. The van der Waals surface area contributed by atoms with Crippen LogP contribution in [0.25, 0.3) is 0 Å². The molecule has 7 fully saturated rings. The number of fused-ring (bicyclic) bond motifs is 5. The molecule has 7 rings (SSSR count). The maximum Gasteiger partial charge on any atom is 0.0605 e. The first-order valence-electron chi connectivity index (χ1n) is 10.1. The van der Waals surface area contributed by atoms with E-state index in [0.29, 0.717) is 24.4 Å². The predicted octanol–water partition coefficient (Wildman–Crippen LogP) is 2.40. The Hall–Kier alpha value is -0.0800. The van der Waals surface area contributed by atoms with Crippen molar-refractivity contribution >= 4 is 0 Å². The molecule has 0 heterocycles. The van der Waals surface area contributed by atoms with Gasteiger partial charge in [-0.25, -0.2) is 0 Å². The average Bonchev–Trinajstić information content (AvgIpc) is 3.26. The van der Waals surface area contributed by atoms with Crippen molar-refractivity contribution in [3.05, 3.63) is 0 Å². The molecule has 0 aliphatic heterocycles. The van der Waals surface area contributed by atoms with Crippen LogP contribution < -0.4 is 0 Å². The summed E-state index contributed by atoms with van der Waals surface area (Å²) in [5.41, 5.74) is 0. The highest BCUT2D eigenvalue weighted by Crippen LogP contribution is 2.82. The largest absolute Gasteiger partial charge is 0.396 e. The smallest absolute Gasteiger partial charge is 0.0605 e. The number of hydrogen-bond acceptors (Lipinski definition) is 2. The molecule has 2 heteroatoms. The highest BCUT2D eigenvalue weighted by molar-refractivity contribution is 5.27. The van der Waals surface area contributed by atoms with E-state index in [4.69, 9.17) is 0 Å². The second-order valence-electron chi connectivity index (χ2n) is 10.1. The minimum atomic E-state index is 0.0455. The lowest BCUT2D eigenvalue weighted by molar-refractivity contribution is 0.0456. The molecular weight excluding hydrogens is 272 g/mol. The Balaban J connectivity index is 1.46. The zero-order chi connectivity index (χ0) is 14.3. The van der Waals surface area contributed by atoms with Gasteiger partial charge in [0.05, 0.1) is 6.10 Å². The maximum absolute atomic E-state index is 11.1. The maximum atomic E-state index is 11.1. The van der Waals surface area contributed by atoms with Crippen molar-refractivity contribution in [2.75, 3.05) is 6.61 Å². The molecule has 2 nitrogen and oxygen atoms in total. The molecule has 2 N–H and O–H groups in total. The van der Waals surface area contributed by atoms with E-state index in [1.807, 2.05) is 0 Å². The first-order chi connectivity index (χ1) is 10.8. The molecule has 7 aliphatic carbocycles. The van der Waals surface area contributed by atoms with E-state index >= 15 is 0 Å². The molecule has 0 unspecified atom stereocenters. The lowest BCUT2D eigenvalue weighted by Crippen LogP contribution is -2.30. The summed E-state index contributed by atoms with van der Waals surface area (Å²) >= 11 is 0. The van der Waals surface area contributed by atoms with Crippen molar-refractivity contribution in [3.63, 3.8) is 0 Å². The van der Waals surface area contributed by atoms with Gasteiger partial charge >= 0.3 is 0 Å². The highest BCUT2D eigenvalue weighted by atomic mass is 16.3. The van der Waals surface area contributed by atoms with Crippen LogP contribution in [0.5, 0.6) is 0 Å². The topological polar surface area (TPSA) is 40.5 Å². The molecule has 0 radical (unpaired) electrons. The average molecular weight is 300 g/mol. The second kappa shape index (κ2) is 3.61. The van der Waals surface area contributed by atoms with E-state index in [2.05, 4.69) is 0 Å². The zero-order valence-electron chi connectivity index (χ0n) is 13.2. The Labute approximate surface area is 132 Å². The van der Waals surface area contributed by atoms with Gasteiger partial charge in [-0.1, -0.05) is 6.42 Å². The van der Waals surface area contributed by atoms with Gasteiger partial charge in [0.15, 0.2) is 0 Å². The van der Waals surface area contributed by atoms with Crippen molar-refractivity contribution in [1.82, 2.24) is 0 Å². The lowest BCUT2D eigenvalue weighted by atomic mass is 9.75. The van der Waals surface area contributed by atoms with E-state index in [-0.39, 0.29) is 6.10 Å². The minimum absolute atomic E-state index is 0.0455. The van der Waals surface area contributed by atoms with Crippen LogP contribution in [0.15, 0.2) is 0 Å². The van der Waals surface area contributed by atoms with E-state index in [0.717, 1.165) is 59.2 Å². The molecule has 0 aromatic carbocycles. The fraction of sp³-hybridized carbons (Fsp3) is 1.00. The number of aliphatic hydroxyl groups excluding tert-OH is 2.